The number of carbonyl (C=O) groups is 2. The molecule has 0 aliphatic heterocycles. The summed E-state index contributed by atoms with van der Waals surface area (Å²) >= 11 is 0. The van der Waals surface area contributed by atoms with Crippen molar-refractivity contribution in [3.63, 3.8) is 0 Å². The zero-order valence-corrected chi connectivity index (χ0v) is 16.0. The summed E-state index contributed by atoms with van der Waals surface area (Å²) in [6.45, 7) is 13.9. The first-order chi connectivity index (χ1) is 9.98. The molecule has 0 rings (SSSR count). The van der Waals surface area contributed by atoms with Crippen molar-refractivity contribution < 1.29 is 24.0 Å². The van der Waals surface area contributed by atoms with Gasteiger partial charge in [-0.15, -0.1) is 0 Å². The molecule has 0 aromatic rings. The van der Waals surface area contributed by atoms with Crippen molar-refractivity contribution in [1.82, 2.24) is 5.43 Å². The van der Waals surface area contributed by atoms with Crippen molar-refractivity contribution in [2.75, 3.05) is 14.1 Å². The van der Waals surface area contributed by atoms with Gasteiger partial charge in [0.15, 0.2) is 7.05 Å². The molecule has 0 radical (unpaired) electrons. The van der Waals surface area contributed by atoms with E-state index in [1.165, 1.54) is 13.8 Å². The summed E-state index contributed by atoms with van der Waals surface area (Å²) in [4.78, 5) is 28.8. The van der Waals surface area contributed by atoms with Crippen LogP contribution in [-0.2, 0) is 19.1 Å². The molecule has 156 valence electrons. The SMILES string of the molecule is C.C.CC(=O)OC(C)(C)C.CC(=O)OC(C)(C)C.CNN.C[N+](=O)[O-]. The second-order valence-electron chi connectivity index (χ2n) is 6.14. The van der Waals surface area contributed by atoms with E-state index in [0.717, 1.165) is 7.05 Å². The Labute approximate surface area is 153 Å². The second-order valence-corrected chi connectivity index (χ2v) is 6.14. The van der Waals surface area contributed by atoms with E-state index in [0.29, 0.717) is 0 Å². The van der Waals surface area contributed by atoms with E-state index in [2.05, 4.69) is 11.3 Å². The first kappa shape index (κ1) is 38.7. The first-order valence-electron chi connectivity index (χ1n) is 6.83. The maximum Gasteiger partial charge on any atom is 0.303 e. The van der Waals surface area contributed by atoms with Crippen LogP contribution in [0, 0.1) is 10.1 Å². The van der Waals surface area contributed by atoms with Gasteiger partial charge in [0.25, 0.3) is 0 Å². The lowest BCUT2D eigenvalue weighted by molar-refractivity contribution is -0.445. The molecule has 25 heavy (non-hydrogen) atoms. The average molecular weight is 372 g/mol. The number of rotatable bonds is 0. The van der Waals surface area contributed by atoms with Gasteiger partial charge < -0.3 is 9.47 Å². The van der Waals surface area contributed by atoms with Crippen LogP contribution >= 0.6 is 0 Å². The minimum absolute atomic E-state index is 0. The van der Waals surface area contributed by atoms with Gasteiger partial charge in [0.2, 0.25) is 0 Å². The zero-order valence-electron chi connectivity index (χ0n) is 16.0. The number of nitrogens with zero attached hydrogens (tertiary/aromatic N) is 1. The van der Waals surface area contributed by atoms with Crippen molar-refractivity contribution in [3.8, 4) is 0 Å². The van der Waals surface area contributed by atoms with Crippen molar-refractivity contribution in [3.05, 3.63) is 10.1 Å². The van der Waals surface area contributed by atoms with Crippen molar-refractivity contribution >= 4 is 11.9 Å². The Kier molecular flexibility index (Phi) is 31.4. The molecule has 0 aliphatic carbocycles. The molecule has 0 bridgehead atoms. The molecule has 0 unspecified atom stereocenters. The molecular weight excluding hydrogens is 330 g/mol. The van der Waals surface area contributed by atoms with E-state index in [1.807, 2.05) is 41.5 Å². The Hall–Kier alpha value is -1.74. The van der Waals surface area contributed by atoms with Crippen LogP contribution in [-0.4, -0.2) is 42.2 Å². The van der Waals surface area contributed by atoms with Gasteiger partial charge in [0.05, 0.1) is 0 Å². The third-order valence-electron chi connectivity index (χ3n) is 0.900. The maximum absolute atomic E-state index is 10.2. The molecule has 0 spiro atoms. The summed E-state index contributed by atoms with van der Waals surface area (Å²) in [5, 5.41) is 8.81. The van der Waals surface area contributed by atoms with Gasteiger partial charge in [-0.25, -0.2) is 0 Å². The van der Waals surface area contributed by atoms with Gasteiger partial charge in [0, 0.05) is 18.8 Å². The number of hydrazine groups is 1. The molecular formula is C16H41N3O6. The summed E-state index contributed by atoms with van der Waals surface area (Å²) in [7, 11) is 2.54. The third-order valence-corrected chi connectivity index (χ3v) is 0.900. The quantitative estimate of drug-likeness (QED) is 0.287. The minimum atomic E-state index is -0.500. The molecule has 0 heterocycles. The normalized spacial score (nSPS) is 8.76. The van der Waals surface area contributed by atoms with Crippen LogP contribution in [0.25, 0.3) is 0 Å². The highest BCUT2D eigenvalue weighted by Gasteiger charge is 2.12. The number of carbonyl (C=O) groups excluding carboxylic acids is 2. The van der Waals surface area contributed by atoms with Crippen molar-refractivity contribution in [2.24, 2.45) is 5.84 Å². The predicted molar refractivity (Wildman–Crippen MR) is 103 cm³/mol. The monoisotopic (exact) mass is 371 g/mol. The summed E-state index contributed by atoms with van der Waals surface area (Å²) in [5.74, 6) is 4.15. The lowest BCUT2D eigenvalue weighted by Gasteiger charge is -2.17. The van der Waals surface area contributed by atoms with Crippen LogP contribution < -0.4 is 11.3 Å². The summed E-state index contributed by atoms with van der Waals surface area (Å²) < 4.78 is 9.60. The lowest BCUT2D eigenvalue weighted by atomic mass is 10.2. The highest BCUT2D eigenvalue weighted by molar-refractivity contribution is 5.66. The van der Waals surface area contributed by atoms with Crippen LogP contribution in [0.3, 0.4) is 0 Å². The highest BCUT2D eigenvalue weighted by atomic mass is 16.6. The zero-order chi connectivity index (χ0) is 19.9. The fourth-order valence-electron chi connectivity index (χ4n) is 0.862. The Morgan fingerprint density at radius 3 is 1.04 bits per heavy atom. The smallest absolute Gasteiger partial charge is 0.303 e. The number of nitrogens with one attached hydrogen (secondary N) is 1. The number of ether oxygens (including phenoxy) is 2. The molecule has 0 saturated carbocycles. The molecule has 9 nitrogen and oxygen atoms in total. The molecule has 0 saturated heterocycles. The van der Waals surface area contributed by atoms with Crippen molar-refractivity contribution in [2.45, 2.75) is 81.4 Å². The van der Waals surface area contributed by atoms with Gasteiger partial charge in [-0.05, 0) is 48.6 Å². The topological polar surface area (TPSA) is 134 Å². The fraction of sp³-hybridized carbons (Fsp3) is 0.875. The molecule has 0 amide bonds. The largest absolute Gasteiger partial charge is 0.460 e. The maximum atomic E-state index is 10.2. The summed E-state index contributed by atoms with van der Waals surface area (Å²) in [6.07, 6.45) is 0. The van der Waals surface area contributed by atoms with Crippen LogP contribution in [0.4, 0.5) is 0 Å². The summed E-state index contributed by atoms with van der Waals surface area (Å²) in [5.41, 5.74) is 1.59. The van der Waals surface area contributed by atoms with E-state index in [-0.39, 0.29) is 38.0 Å². The Balaban J connectivity index is -0.0000000502. The van der Waals surface area contributed by atoms with E-state index in [4.69, 9.17) is 19.6 Å². The molecule has 0 aromatic carbocycles. The number of nitrogens with two attached hydrogens (primary N) is 1. The number of hydrogen-bond donors (Lipinski definition) is 2. The van der Waals surface area contributed by atoms with E-state index in [1.54, 1.807) is 7.05 Å². The fourth-order valence-corrected chi connectivity index (χ4v) is 0.862. The summed E-state index contributed by atoms with van der Waals surface area (Å²) in [6, 6.07) is 0. The minimum Gasteiger partial charge on any atom is -0.460 e. The van der Waals surface area contributed by atoms with Gasteiger partial charge >= 0.3 is 11.9 Å². The Morgan fingerprint density at radius 2 is 1.04 bits per heavy atom. The first-order valence-corrected chi connectivity index (χ1v) is 6.83. The second kappa shape index (κ2) is 20.3. The Bertz CT molecular complexity index is 304. The van der Waals surface area contributed by atoms with E-state index >= 15 is 0 Å². The molecule has 3 N–H and O–H groups in total. The third kappa shape index (κ3) is 134. The molecule has 9 heteroatoms. The number of nitro groups is 1. The number of hydrogen-bond acceptors (Lipinski definition) is 8. The van der Waals surface area contributed by atoms with Gasteiger partial charge in [-0.3, -0.25) is 31.0 Å². The van der Waals surface area contributed by atoms with Crippen LogP contribution in [0.5, 0.6) is 0 Å². The molecule has 0 atom stereocenters. The lowest BCUT2D eigenvalue weighted by Crippen LogP contribution is -2.21. The number of esters is 2. The van der Waals surface area contributed by atoms with Gasteiger partial charge in [-0.1, -0.05) is 14.9 Å². The van der Waals surface area contributed by atoms with Crippen LogP contribution in [0.2, 0.25) is 0 Å². The van der Waals surface area contributed by atoms with Crippen LogP contribution in [0.15, 0.2) is 0 Å². The van der Waals surface area contributed by atoms with E-state index in [9.17, 15) is 9.59 Å². The van der Waals surface area contributed by atoms with Gasteiger partial charge in [-0.2, -0.15) is 0 Å². The molecule has 0 aliphatic rings. The predicted octanol–water partition coefficient (Wildman–Crippen LogP) is 2.94. The molecule has 0 aromatic heterocycles. The van der Waals surface area contributed by atoms with E-state index < -0.39 is 4.92 Å². The highest BCUT2D eigenvalue weighted by Crippen LogP contribution is 2.06. The van der Waals surface area contributed by atoms with Crippen molar-refractivity contribution in [1.29, 1.82) is 0 Å². The van der Waals surface area contributed by atoms with Crippen LogP contribution in [0.1, 0.15) is 70.2 Å². The average Bonchev–Trinajstić information content (AvgIpc) is 2.08. The van der Waals surface area contributed by atoms with Gasteiger partial charge in [0.1, 0.15) is 11.2 Å². The Morgan fingerprint density at radius 1 is 0.920 bits per heavy atom. The standard InChI is InChI=1S/2C6H12O2.CH6N2.CH3NO2.2CH4/c2*1-5(7)8-6(2,3)4;1-3-2;1-2(3)4;;/h2*1-4H3;3H,2H2,1H3;1H3;2*1H4. The molecule has 0 fully saturated rings.